The van der Waals surface area contributed by atoms with Gasteiger partial charge in [0.15, 0.2) is 0 Å². The number of rotatable bonds is 6. The highest BCUT2D eigenvalue weighted by atomic mass is 16.2. The van der Waals surface area contributed by atoms with Gasteiger partial charge in [0.05, 0.1) is 0 Å². The second-order valence-electron chi connectivity index (χ2n) is 4.99. The minimum Gasteiger partial charge on any atom is -0.349 e. The summed E-state index contributed by atoms with van der Waals surface area (Å²) >= 11 is 0. The molecule has 0 aliphatic rings. The molecule has 3 heteroatoms. The van der Waals surface area contributed by atoms with Gasteiger partial charge in [-0.2, -0.15) is 0 Å². The van der Waals surface area contributed by atoms with Crippen molar-refractivity contribution in [3.63, 3.8) is 0 Å². The molecule has 0 atom stereocenters. The van der Waals surface area contributed by atoms with Crippen molar-refractivity contribution in [1.29, 1.82) is 0 Å². The van der Waals surface area contributed by atoms with Crippen molar-refractivity contribution in [3.8, 4) is 0 Å². The van der Waals surface area contributed by atoms with Crippen LogP contribution in [0.4, 0.5) is 0 Å². The van der Waals surface area contributed by atoms with E-state index < -0.39 is 11.7 Å². The van der Waals surface area contributed by atoms with E-state index in [-0.39, 0.29) is 0 Å². The van der Waals surface area contributed by atoms with E-state index in [0.29, 0.717) is 18.0 Å². The van der Waals surface area contributed by atoms with Gasteiger partial charge >= 0.3 is 0 Å². The maximum atomic E-state index is 11.8. The number of carbonyl (C=O) groups excluding carboxylic acids is 2. The average molecular weight is 247 g/mol. The van der Waals surface area contributed by atoms with Crippen LogP contribution in [-0.2, 0) is 4.79 Å². The van der Waals surface area contributed by atoms with E-state index in [1.54, 1.807) is 12.1 Å². The number of carbonyl (C=O) groups is 2. The number of nitrogens with one attached hydrogen (secondary N) is 1. The number of benzene rings is 1. The lowest BCUT2D eigenvalue weighted by molar-refractivity contribution is -0.117. The summed E-state index contributed by atoms with van der Waals surface area (Å²) < 4.78 is 0. The zero-order valence-electron chi connectivity index (χ0n) is 11.3. The van der Waals surface area contributed by atoms with Gasteiger partial charge in [-0.3, -0.25) is 9.59 Å². The summed E-state index contributed by atoms with van der Waals surface area (Å²) in [5, 5.41) is 2.66. The van der Waals surface area contributed by atoms with Crippen LogP contribution in [0.25, 0.3) is 0 Å². The number of hydrogen-bond acceptors (Lipinski definition) is 2. The fourth-order valence-electron chi connectivity index (χ4n) is 1.63. The summed E-state index contributed by atoms with van der Waals surface area (Å²) in [4.78, 5) is 23.4. The Morgan fingerprint density at radius 1 is 1.17 bits per heavy atom. The van der Waals surface area contributed by atoms with Crippen LogP contribution in [0.5, 0.6) is 0 Å². The lowest BCUT2D eigenvalue weighted by Crippen LogP contribution is -2.31. The van der Waals surface area contributed by atoms with Crippen LogP contribution >= 0.6 is 0 Å². The summed E-state index contributed by atoms with van der Waals surface area (Å²) in [5.41, 5.74) is 1.52. The summed E-state index contributed by atoms with van der Waals surface area (Å²) in [5.74, 6) is -0.350. The third-order valence-electron chi connectivity index (χ3n) is 2.76. The maximum absolute atomic E-state index is 11.8. The third kappa shape index (κ3) is 4.70. The molecule has 0 aliphatic heterocycles. The number of Topliss-reactive ketones (excluding diaryl/α,β-unsaturated/α-hetero) is 1. The van der Waals surface area contributed by atoms with Gasteiger partial charge in [0.1, 0.15) is 0 Å². The predicted octanol–water partition coefficient (Wildman–Crippen LogP) is 2.73. The molecule has 0 saturated heterocycles. The minimum absolute atomic E-state index is 0.446. The highest BCUT2D eigenvalue weighted by Crippen LogP contribution is 2.05. The Kier molecular flexibility index (Phi) is 5.56. The van der Waals surface area contributed by atoms with Crippen molar-refractivity contribution in [3.05, 3.63) is 35.4 Å². The number of ketones is 1. The summed E-state index contributed by atoms with van der Waals surface area (Å²) in [6.07, 6.45) is 1.96. The molecule has 0 heterocycles. The van der Waals surface area contributed by atoms with Crippen molar-refractivity contribution >= 4 is 11.7 Å². The van der Waals surface area contributed by atoms with E-state index in [0.717, 1.165) is 18.4 Å². The van der Waals surface area contributed by atoms with E-state index in [4.69, 9.17) is 0 Å². The Balaban J connectivity index is 2.42. The molecule has 1 aromatic carbocycles. The molecule has 18 heavy (non-hydrogen) atoms. The normalized spacial score (nSPS) is 10.4. The predicted molar refractivity (Wildman–Crippen MR) is 72.6 cm³/mol. The monoisotopic (exact) mass is 247 g/mol. The van der Waals surface area contributed by atoms with Gasteiger partial charge in [0, 0.05) is 12.1 Å². The Morgan fingerprint density at radius 3 is 2.33 bits per heavy atom. The average Bonchev–Trinajstić information content (AvgIpc) is 2.34. The highest BCUT2D eigenvalue weighted by Gasteiger charge is 2.14. The van der Waals surface area contributed by atoms with Crippen molar-refractivity contribution in [2.24, 2.45) is 5.92 Å². The van der Waals surface area contributed by atoms with Gasteiger partial charge in [-0.15, -0.1) is 0 Å². The molecule has 0 spiro atoms. The summed E-state index contributed by atoms with van der Waals surface area (Å²) in [6, 6.07) is 7.04. The van der Waals surface area contributed by atoms with E-state index >= 15 is 0 Å². The summed E-state index contributed by atoms with van der Waals surface area (Å²) in [6.45, 7) is 6.79. The zero-order chi connectivity index (χ0) is 13.5. The Bertz CT molecular complexity index is 407. The standard InChI is InChI=1S/C15H21NO2/c1-11(2)5-4-10-16-15(18)14(17)13-8-6-12(3)7-9-13/h6-9,11H,4-5,10H2,1-3H3,(H,16,18). The van der Waals surface area contributed by atoms with Crippen LogP contribution in [0, 0.1) is 12.8 Å². The van der Waals surface area contributed by atoms with Crippen molar-refractivity contribution in [1.82, 2.24) is 5.32 Å². The van der Waals surface area contributed by atoms with Gasteiger partial charge in [0.2, 0.25) is 5.78 Å². The third-order valence-corrected chi connectivity index (χ3v) is 2.76. The van der Waals surface area contributed by atoms with Gasteiger partial charge in [-0.05, 0) is 25.7 Å². The molecule has 0 radical (unpaired) electrons. The second kappa shape index (κ2) is 6.94. The summed E-state index contributed by atoms with van der Waals surface area (Å²) in [7, 11) is 0. The number of amides is 1. The molecule has 0 aromatic heterocycles. The number of hydrogen-bond donors (Lipinski definition) is 1. The molecule has 3 nitrogen and oxygen atoms in total. The van der Waals surface area contributed by atoms with E-state index in [2.05, 4.69) is 19.2 Å². The SMILES string of the molecule is Cc1ccc(C(=O)C(=O)NCCCC(C)C)cc1. The van der Waals surface area contributed by atoms with Crippen LogP contribution < -0.4 is 5.32 Å². The fourth-order valence-corrected chi connectivity index (χ4v) is 1.63. The van der Waals surface area contributed by atoms with Crippen LogP contribution in [-0.4, -0.2) is 18.2 Å². The second-order valence-corrected chi connectivity index (χ2v) is 4.99. The van der Waals surface area contributed by atoms with Crippen molar-refractivity contribution in [2.45, 2.75) is 33.6 Å². The molecule has 98 valence electrons. The van der Waals surface area contributed by atoms with Crippen molar-refractivity contribution in [2.75, 3.05) is 6.54 Å². The molecule has 0 fully saturated rings. The minimum atomic E-state index is -0.511. The van der Waals surface area contributed by atoms with Gasteiger partial charge in [0.25, 0.3) is 5.91 Å². The maximum Gasteiger partial charge on any atom is 0.292 e. The first-order valence-electron chi connectivity index (χ1n) is 6.40. The first kappa shape index (κ1) is 14.4. The first-order valence-corrected chi connectivity index (χ1v) is 6.40. The fraction of sp³-hybridized carbons (Fsp3) is 0.467. The van der Waals surface area contributed by atoms with Crippen molar-refractivity contribution < 1.29 is 9.59 Å². The van der Waals surface area contributed by atoms with Crippen LogP contribution in [0.3, 0.4) is 0 Å². The molecule has 1 aromatic rings. The Labute approximate surface area is 109 Å². The van der Waals surface area contributed by atoms with E-state index in [1.165, 1.54) is 0 Å². The highest BCUT2D eigenvalue weighted by molar-refractivity contribution is 6.42. The van der Waals surface area contributed by atoms with Gasteiger partial charge < -0.3 is 5.32 Å². The van der Waals surface area contributed by atoms with Gasteiger partial charge in [-0.1, -0.05) is 43.7 Å². The quantitative estimate of drug-likeness (QED) is 0.477. The van der Waals surface area contributed by atoms with E-state index in [1.807, 2.05) is 19.1 Å². The van der Waals surface area contributed by atoms with Crippen LogP contribution in [0.1, 0.15) is 42.6 Å². The molecular weight excluding hydrogens is 226 g/mol. The zero-order valence-corrected chi connectivity index (χ0v) is 11.3. The molecular formula is C15H21NO2. The Morgan fingerprint density at radius 2 is 1.78 bits per heavy atom. The first-order chi connectivity index (χ1) is 8.50. The lowest BCUT2D eigenvalue weighted by atomic mass is 10.1. The van der Waals surface area contributed by atoms with Crippen LogP contribution in [0.15, 0.2) is 24.3 Å². The molecule has 0 unspecified atom stereocenters. The Hall–Kier alpha value is -1.64. The molecule has 0 bridgehead atoms. The van der Waals surface area contributed by atoms with Gasteiger partial charge in [-0.25, -0.2) is 0 Å². The lowest BCUT2D eigenvalue weighted by Gasteiger charge is -2.06. The number of aryl methyl sites for hydroxylation is 1. The molecule has 0 aliphatic carbocycles. The van der Waals surface area contributed by atoms with Crippen LogP contribution in [0.2, 0.25) is 0 Å². The topological polar surface area (TPSA) is 46.2 Å². The smallest absolute Gasteiger partial charge is 0.292 e. The van der Waals surface area contributed by atoms with E-state index in [9.17, 15) is 9.59 Å². The molecule has 1 amide bonds. The largest absolute Gasteiger partial charge is 0.349 e. The molecule has 0 saturated carbocycles. The molecule has 1 N–H and O–H groups in total. The molecule has 1 rings (SSSR count).